The molecule has 2 bridgehead atoms. The van der Waals surface area contributed by atoms with Crippen molar-refractivity contribution in [3.05, 3.63) is 36.5 Å². The summed E-state index contributed by atoms with van der Waals surface area (Å²) in [5.74, 6) is -9.45. The van der Waals surface area contributed by atoms with E-state index in [0.29, 0.717) is 32.1 Å². The fraction of sp³-hybridized carbons (Fsp3) is 0.783. The number of carbonyl (C=O) groups is 4. The number of aliphatic hydroxyl groups is 5. The van der Waals surface area contributed by atoms with E-state index in [-0.39, 0.29) is 30.0 Å². The Kier molecular flexibility index (Phi) is 18.3. The van der Waals surface area contributed by atoms with Gasteiger partial charge in [0.2, 0.25) is 5.79 Å². The molecule has 0 radical (unpaired) electrons. The van der Waals surface area contributed by atoms with Gasteiger partial charge in [0, 0.05) is 42.1 Å². The standard InChI is InChI=1S/C46H74O12/c1-12-33-18-16-14-15-17-26(4)43(53)45(11,55)44(54)32(10)41(52)31(9)40(51)30(8)39(50)25(3)19-22-38(49)56-42-29(7)35(21-20-33)57-46(34(42)13-2)37(48)23-27(5)36(58-46)24-28(6)47/h14-16,18-19,22,25-36,39,41-43,47,50,52-53,55H,12-13,17,20-21,23-24H2,1-11H3/b15-14+,18-16+,22-19+/t25-,26+,27-,28+,29+,30-,31-,32-,33-,34-,35-,36-,39+,41+,42+,43-,45+,46+/m1/s1. The quantitative estimate of drug-likeness (QED) is 0.225. The number of esters is 1. The first-order valence-corrected chi connectivity index (χ1v) is 21.7. The molecule has 0 aromatic carbocycles. The molecule has 3 rings (SSSR count). The van der Waals surface area contributed by atoms with Crippen molar-refractivity contribution in [2.75, 3.05) is 0 Å². The molecule has 3 aliphatic heterocycles. The van der Waals surface area contributed by atoms with Gasteiger partial charge in [0.15, 0.2) is 11.6 Å². The van der Waals surface area contributed by atoms with Gasteiger partial charge in [-0.25, -0.2) is 4.79 Å². The summed E-state index contributed by atoms with van der Waals surface area (Å²) < 4.78 is 19.7. The first-order valence-electron chi connectivity index (χ1n) is 21.7. The van der Waals surface area contributed by atoms with Gasteiger partial charge in [0.1, 0.15) is 17.5 Å². The van der Waals surface area contributed by atoms with Crippen LogP contribution in [0.1, 0.15) is 121 Å². The summed E-state index contributed by atoms with van der Waals surface area (Å²) in [4.78, 5) is 54.8. The highest BCUT2D eigenvalue weighted by molar-refractivity contribution is 5.91. The number of ether oxygens (including phenoxy) is 3. The summed E-state index contributed by atoms with van der Waals surface area (Å²) in [5.41, 5.74) is -2.21. The zero-order valence-electron chi connectivity index (χ0n) is 36.7. The molecule has 0 aliphatic carbocycles. The number of ketones is 3. The van der Waals surface area contributed by atoms with Crippen LogP contribution in [0.2, 0.25) is 0 Å². The SMILES string of the molecule is CC[C@@H]1/C=C/C=C/C[C@H](C)[C@@H](O)[C@](C)(O)C(=O)[C@H](C)[C@@H](O)[C@H](C)C(=O)[C@H](C)[C@@H](O)[C@H](C)/C=C/C(=O)O[C@H]2[C@@H](C)[C@@H](CC1)O[C@]1(O[C@H](C[C@H](C)O)[C@H](C)CC1=O)[C@@H]2CC. The van der Waals surface area contributed by atoms with E-state index in [9.17, 15) is 44.7 Å². The molecule has 12 nitrogen and oxygen atoms in total. The predicted octanol–water partition coefficient (Wildman–Crippen LogP) is 5.45. The molecule has 2 fully saturated rings. The summed E-state index contributed by atoms with van der Waals surface area (Å²) in [6.45, 7) is 18.5. The van der Waals surface area contributed by atoms with Crippen LogP contribution in [0.15, 0.2) is 36.5 Å². The molecule has 2 saturated heterocycles. The zero-order valence-corrected chi connectivity index (χ0v) is 36.7. The van der Waals surface area contributed by atoms with E-state index >= 15 is 0 Å². The van der Waals surface area contributed by atoms with Gasteiger partial charge in [0.05, 0.1) is 42.5 Å². The highest BCUT2D eigenvalue weighted by Crippen LogP contribution is 2.48. The second kappa shape index (κ2) is 21.3. The van der Waals surface area contributed by atoms with Crippen LogP contribution in [-0.4, -0.2) is 103 Å². The first-order chi connectivity index (χ1) is 27.0. The third-order valence-corrected chi connectivity index (χ3v) is 13.5. The van der Waals surface area contributed by atoms with Gasteiger partial charge in [-0.05, 0) is 70.1 Å². The number of fused-ring (bicyclic) bond motifs is 2. The molecule has 5 N–H and O–H groups in total. The summed E-state index contributed by atoms with van der Waals surface area (Å²) >= 11 is 0. The van der Waals surface area contributed by atoms with Gasteiger partial charge in [-0.15, -0.1) is 0 Å². The van der Waals surface area contributed by atoms with Crippen molar-refractivity contribution < 1.29 is 58.9 Å². The van der Waals surface area contributed by atoms with Gasteiger partial charge in [-0.1, -0.05) is 92.7 Å². The van der Waals surface area contributed by atoms with Gasteiger partial charge in [0.25, 0.3) is 0 Å². The van der Waals surface area contributed by atoms with Crippen molar-refractivity contribution in [1.82, 2.24) is 0 Å². The number of hydrogen-bond donors (Lipinski definition) is 5. The van der Waals surface area contributed by atoms with Crippen LogP contribution in [0.25, 0.3) is 0 Å². The maximum absolute atomic E-state index is 14.1. The maximum atomic E-state index is 14.1. The second-order valence-corrected chi connectivity index (χ2v) is 18.1. The third-order valence-electron chi connectivity index (χ3n) is 13.5. The lowest BCUT2D eigenvalue weighted by atomic mass is 9.72. The Bertz CT molecular complexity index is 1480. The summed E-state index contributed by atoms with van der Waals surface area (Å²) in [5, 5.41) is 55.1. The molecule has 0 aromatic heterocycles. The van der Waals surface area contributed by atoms with Crippen molar-refractivity contribution in [2.45, 2.75) is 175 Å². The minimum absolute atomic E-state index is 0.132. The van der Waals surface area contributed by atoms with Crippen LogP contribution in [-0.2, 0) is 33.4 Å². The average molecular weight is 819 g/mol. The van der Waals surface area contributed by atoms with Crippen LogP contribution < -0.4 is 0 Å². The Labute approximate surface area is 346 Å². The fourth-order valence-corrected chi connectivity index (χ4v) is 9.21. The van der Waals surface area contributed by atoms with E-state index < -0.39 is 107 Å². The highest BCUT2D eigenvalue weighted by atomic mass is 16.7. The van der Waals surface area contributed by atoms with E-state index in [2.05, 4.69) is 13.0 Å². The van der Waals surface area contributed by atoms with E-state index in [1.165, 1.54) is 39.8 Å². The molecule has 0 amide bonds. The van der Waals surface area contributed by atoms with Crippen LogP contribution in [0.4, 0.5) is 0 Å². The van der Waals surface area contributed by atoms with E-state index in [1.54, 1.807) is 20.8 Å². The van der Waals surface area contributed by atoms with Gasteiger partial charge >= 0.3 is 5.97 Å². The van der Waals surface area contributed by atoms with E-state index in [0.717, 1.165) is 6.42 Å². The Morgan fingerprint density at radius 2 is 1.47 bits per heavy atom. The topological polar surface area (TPSA) is 197 Å². The Morgan fingerprint density at radius 3 is 2.07 bits per heavy atom. The summed E-state index contributed by atoms with van der Waals surface area (Å²) in [6.07, 6.45) is 7.01. The van der Waals surface area contributed by atoms with Crippen LogP contribution in [0.3, 0.4) is 0 Å². The van der Waals surface area contributed by atoms with Crippen molar-refractivity contribution >= 4 is 23.3 Å². The normalized spacial score (nSPS) is 45.6. The first kappa shape index (κ1) is 49.8. The molecular weight excluding hydrogens is 744 g/mol. The minimum atomic E-state index is -2.21. The zero-order chi connectivity index (χ0) is 43.9. The fourth-order valence-electron chi connectivity index (χ4n) is 9.21. The van der Waals surface area contributed by atoms with Crippen LogP contribution >= 0.6 is 0 Å². The Hall–Kier alpha value is -2.58. The van der Waals surface area contributed by atoms with E-state index in [1.807, 2.05) is 39.0 Å². The van der Waals surface area contributed by atoms with E-state index in [4.69, 9.17) is 14.2 Å². The molecule has 58 heavy (non-hydrogen) atoms. The van der Waals surface area contributed by atoms with Crippen molar-refractivity contribution in [3.8, 4) is 0 Å². The predicted molar refractivity (Wildman–Crippen MR) is 220 cm³/mol. The lowest BCUT2D eigenvalue weighted by molar-refractivity contribution is -0.347. The monoisotopic (exact) mass is 819 g/mol. The molecule has 18 atom stereocenters. The molecule has 1 spiro atoms. The largest absolute Gasteiger partial charge is 0.458 e. The summed E-state index contributed by atoms with van der Waals surface area (Å²) in [7, 11) is 0. The number of hydrogen-bond acceptors (Lipinski definition) is 12. The third kappa shape index (κ3) is 11.4. The Balaban J connectivity index is 2.05. The molecule has 0 saturated carbocycles. The lowest BCUT2D eigenvalue weighted by Crippen LogP contribution is -2.67. The Morgan fingerprint density at radius 1 is 0.828 bits per heavy atom. The number of rotatable bonds is 4. The van der Waals surface area contributed by atoms with Crippen molar-refractivity contribution in [3.63, 3.8) is 0 Å². The maximum Gasteiger partial charge on any atom is 0.330 e. The van der Waals surface area contributed by atoms with Crippen LogP contribution in [0, 0.1) is 53.3 Å². The molecule has 0 unspecified atom stereocenters. The lowest BCUT2D eigenvalue weighted by Gasteiger charge is -2.54. The second-order valence-electron chi connectivity index (χ2n) is 18.1. The number of Topliss-reactive ketones (excluding diaryl/α,β-unsaturated/α-hetero) is 3. The van der Waals surface area contributed by atoms with Crippen LogP contribution in [0.5, 0.6) is 0 Å². The average Bonchev–Trinajstić information content (AvgIpc) is 3.18. The van der Waals surface area contributed by atoms with Crippen molar-refractivity contribution in [1.29, 1.82) is 0 Å². The minimum Gasteiger partial charge on any atom is -0.458 e. The number of aliphatic hydroxyl groups excluding tert-OH is 4. The van der Waals surface area contributed by atoms with Crippen molar-refractivity contribution in [2.24, 2.45) is 53.3 Å². The number of allylic oxidation sites excluding steroid dienone is 4. The number of carbonyl (C=O) groups excluding carboxylic acids is 4. The molecular formula is C46H74O12. The molecule has 3 heterocycles. The smallest absolute Gasteiger partial charge is 0.330 e. The van der Waals surface area contributed by atoms with Gasteiger partial charge in [-0.2, -0.15) is 0 Å². The summed E-state index contributed by atoms with van der Waals surface area (Å²) in [6, 6.07) is 0. The van der Waals surface area contributed by atoms with Gasteiger partial charge < -0.3 is 39.7 Å². The molecule has 3 aliphatic rings. The van der Waals surface area contributed by atoms with Gasteiger partial charge in [-0.3, -0.25) is 14.4 Å². The molecule has 330 valence electrons. The molecule has 0 aromatic rings. The molecule has 12 heteroatoms. The highest BCUT2D eigenvalue weighted by Gasteiger charge is 2.61.